The van der Waals surface area contributed by atoms with Gasteiger partial charge < -0.3 is 4.74 Å². The minimum atomic E-state index is 0.152. The molecule has 30 heavy (non-hydrogen) atoms. The van der Waals surface area contributed by atoms with Gasteiger partial charge in [0.05, 0.1) is 0 Å². The van der Waals surface area contributed by atoms with Crippen molar-refractivity contribution < 1.29 is 9.53 Å². The molecule has 3 fully saturated rings. The van der Waals surface area contributed by atoms with Crippen LogP contribution in [0.5, 0.6) is 0 Å². The SMILES string of the molecule is C[C@]12CC[C@H](OC=O)C[C@@H]1CC[C@@H]1[C@H]3CC=C(C#Cc4ccccc4)[C@@]3(C)CC[C@@H]12. The van der Waals surface area contributed by atoms with Gasteiger partial charge in [0, 0.05) is 16.6 Å². The zero-order valence-electron chi connectivity index (χ0n) is 18.4. The number of fused-ring (bicyclic) bond motifs is 5. The molecule has 7 atom stereocenters. The number of hydrogen-bond acceptors (Lipinski definition) is 2. The zero-order chi connectivity index (χ0) is 20.8. The van der Waals surface area contributed by atoms with Crippen LogP contribution in [0.15, 0.2) is 42.0 Å². The quantitative estimate of drug-likeness (QED) is 0.437. The first-order valence-electron chi connectivity index (χ1n) is 11.9. The highest BCUT2D eigenvalue weighted by Crippen LogP contribution is 2.66. The second kappa shape index (κ2) is 7.60. The summed E-state index contributed by atoms with van der Waals surface area (Å²) in [6.07, 6.45) is 12.4. The lowest BCUT2D eigenvalue weighted by Crippen LogP contribution is -2.53. The molecule has 1 aromatic carbocycles. The van der Waals surface area contributed by atoms with Crippen LogP contribution < -0.4 is 0 Å². The Hall–Kier alpha value is -2.01. The van der Waals surface area contributed by atoms with Gasteiger partial charge in [-0.15, -0.1) is 0 Å². The van der Waals surface area contributed by atoms with Crippen LogP contribution in [0.2, 0.25) is 0 Å². The molecule has 0 amide bonds. The predicted octanol–water partition coefficient (Wildman–Crippen LogP) is 6.16. The van der Waals surface area contributed by atoms with Gasteiger partial charge in [-0.25, -0.2) is 0 Å². The van der Waals surface area contributed by atoms with Gasteiger partial charge >= 0.3 is 0 Å². The lowest BCUT2D eigenvalue weighted by Gasteiger charge is -2.60. The van der Waals surface area contributed by atoms with E-state index in [-0.39, 0.29) is 11.5 Å². The Bertz CT molecular complexity index is 890. The van der Waals surface area contributed by atoms with E-state index in [9.17, 15) is 4.79 Å². The lowest BCUT2D eigenvalue weighted by atomic mass is 9.44. The average Bonchev–Trinajstić information content (AvgIpc) is 3.10. The largest absolute Gasteiger partial charge is 0.465 e. The summed E-state index contributed by atoms with van der Waals surface area (Å²) in [6, 6.07) is 10.4. The number of carbonyl (C=O) groups excluding carboxylic acids is 1. The van der Waals surface area contributed by atoms with Crippen LogP contribution in [0.3, 0.4) is 0 Å². The molecule has 0 radical (unpaired) electrons. The molecule has 0 saturated heterocycles. The topological polar surface area (TPSA) is 26.3 Å². The van der Waals surface area contributed by atoms with Crippen molar-refractivity contribution in [1.29, 1.82) is 0 Å². The van der Waals surface area contributed by atoms with Crippen molar-refractivity contribution in [1.82, 2.24) is 0 Å². The molecule has 0 aromatic heterocycles. The van der Waals surface area contributed by atoms with E-state index >= 15 is 0 Å². The maximum atomic E-state index is 10.8. The highest BCUT2D eigenvalue weighted by molar-refractivity contribution is 5.45. The van der Waals surface area contributed by atoms with Crippen molar-refractivity contribution >= 4 is 6.47 Å². The summed E-state index contributed by atoms with van der Waals surface area (Å²) >= 11 is 0. The number of ether oxygens (including phenoxy) is 1. The lowest BCUT2D eigenvalue weighted by molar-refractivity contribution is -0.147. The average molecular weight is 403 g/mol. The molecule has 158 valence electrons. The molecular weight excluding hydrogens is 368 g/mol. The molecule has 1 aromatic rings. The van der Waals surface area contributed by atoms with Crippen LogP contribution in [-0.2, 0) is 9.53 Å². The van der Waals surface area contributed by atoms with Gasteiger partial charge in [-0.05, 0) is 92.6 Å². The van der Waals surface area contributed by atoms with E-state index in [0.29, 0.717) is 17.8 Å². The first kappa shape index (κ1) is 19.9. The first-order valence-corrected chi connectivity index (χ1v) is 11.9. The normalized spacial score (nSPS) is 41.9. The maximum absolute atomic E-state index is 10.8. The summed E-state index contributed by atoms with van der Waals surface area (Å²) < 4.78 is 5.37. The summed E-state index contributed by atoms with van der Waals surface area (Å²) in [4.78, 5) is 10.8. The Kier molecular flexibility index (Phi) is 5.04. The van der Waals surface area contributed by atoms with Gasteiger partial charge in [0.2, 0.25) is 0 Å². The standard InChI is InChI=1S/C28H34O2/c1-27-17-15-26-24(12-10-22-18-23(30-19-29)14-16-28(22,26)2)25(27)13-11-21(27)9-8-20-6-4-3-5-7-20/h3-7,11,19,22-26H,10,12-18H2,1-2H3/t22-,23-,24+,25+,26-,27+,28-/m0/s1. The van der Waals surface area contributed by atoms with E-state index in [4.69, 9.17) is 4.74 Å². The molecule has 0 bridgehead atoms. The number of rotatable bonds is 2. The van der Waals surface area contributed by atoms with Crippen molar-refractivity contribution in [3.05, 3.63) is 47.5 Å². The fourth-order valence-electron chi connectivity index (χ4n) is 7.84. The van der Waals surface area contributed by atoms with E-state index < -0.39 is 0 Å². The van der Waals surface area contributed by atoms with E-state index in [1.54, 1.807) is 0 Å². The third-order valence-corrected chi connectivity index (χ3v) is 9.56. The van der Waals surface area contributed by atoms with Crippen LogP contribution >= 0.6 is 0 Å². The monoisotopic (exact) mass is 402 g/mol. The van der Waals surface area contributed by atoms with Gasteiger partial charge in [-0.2, -0.15) is 0 Å². The van der Waals surface area contributed by atoms with Crippen molar-refractivity contribution in [2.24, 2.45) is 34.5 Å². The molecule has 0 aliphatic heterocycles. The van der Waals surface area contributed by atoms with E-state index in [2.05, 4.69) is 56.0 Å². The maximum Gasteiger partial charge on any atom is 0.293 e. The van der Waals surface area contributed by atoms with Crippen LogP contribution in [0.4, 0.5) is 0 Å². The molecule has 4 aliphatic carbocycles. The van der Waals surface area contributed by atoms with Gasteiger partial charge in [0.15, 0.2) is 0 Å². The third kappa shape index (κ3) is 3.13. The molecule has 0 N–H and O–H groups in total. The van der Waals surface area contributed by atoms with Crippen molar-refractivity contribution in [3.63, 3.8) is 0 Å². The van der Waals surface area contributed by atoms with Gasteiger partial charge in [0.1, 0.15) is 6.10 Å². The Morgan fingerprint density at radius 2 is 1.83 bits per heavy atom. The predicted molar refractivity (Wildman–Crippen MR) is 119 cm³/mol. The van der Waals surface area contributed by atoms with Crippen molar-refractivity contribution in [3.8, 4) is 11.8 Å². The summed E-state index contributed by atoms with van der Waals surface area (Å²) in [5.74, 6) is 10.1. The molecule has 4 aliphatic rings. The fraction of sp³-hybridized carbons (Fsp3) is 0.607. The highest BCUT2D eigenvalue weighted by atomic mass is 16.5. The van der Waals surface area contributed by atoms with Crippen LogP contribution in [0.1, 0.15) is 70.8 Å². The van der Waals surface area contributed by atoms with Gasteiger partial charge in [0.25, 0.3) is 6.47 Å². The summed E-state index contributed by atoms with van der Waals surface area (Å²) in [6.45, 7) is 5.72. The van der Waals surface area contributed by atoms with E-state index in [1.807, 2.05) is 6.07 Å². The van der Waals surface area contributed by atoms with Gasteiger partial charge in [-0.3, -0.25) is 4.79 Å². The molecule has 0 unspecified atom stereocenters. The number of hydrogen-bond donors (Lipinski definition) is 0. The van der Waals surface area contributed by atoms with Crippen LogP contribution in [-0.4, -0.2) is 12.6 Å². The molecular formula is C28H34O2. The Balaban J connectivity index is 1.35. The second-order valence-electron chi connectivity index (χ2n) is 10.7. The summed E-state index contributed by atoms with van der Waals surface area (Å²) in [5, 5.41) is 0. The van der Waals surface area contributed by atoms with E-state index in [1.165, 1.54) is 44.1 Å². The second-order valence-corrected chi connectivity index (χ2v) is 10.7. The molecule has 0 heterocycles. The van der Waals surface area contributed by atoms with Crippen molar-refractivity contribution in [2.45, 2.75) is 71.3 Å². The first-order chi connectivity index (χ1) is 14.5. The molecule has 2 nitrogen and oxygen atoms in total. The van der Waals surface area contributed by atoms with Crippen LogP contribution in [0.25, 0.3) is 0 Å². The highest BCUT2D eigenvalue weighted by Gasteiger charge is 2.58. The van der Waals surface area contributed by atoms with Gasteiger partial charge in [-0.1, -0.05) is 50.0 Å². The summed E-state index contributed by atoms with van der Waals surface area (Å²) in [5.41, 5.74) is 3.18. The minimum absolute atomic E-state index is 0.152. The minimum Gasteiger partial charge on any atom is -0.465 e. The summed E-state index contributed by atoms with van der Waals surface area (Å²) in [7, 11) is 0. The molecule has 0 spiro atoms. The Morgan fingerprint density at radius 1 is 1.00 bits per heavy atom. The fourth-order valence-corrected chi connectivity index (χ4v) is 7.84. The number of benzene rings is 1. The third-order valence-electron chi connectivity index (χ3n) is 9.56. The molecule has 5 rings (SSSR count). The molecule has 2 heteroatoms. The number of allylic oxidation sites excluding steroid dienone is 2. The Morgan fingerprint density at radius 3 is 2.63 bits per heavy atom. The van der Waals surface area contributed by atoms with Crippen molar-refractivity contribution in [2.75, 3.05) is 0 Å². The Labute approximate surface area is 181 Å². The smallest absolute Gasteiger partial charge is 0.293 e. The zero-order valence-corrected chi connectivity index (χ0v) is 18.4. The van der Waals surface area contributed by atoms with E-state index in [0.717, 1.165) is 36.2 Å². The number of carbonyl (C=O) groups is 1. The molecule has 3 saturated carbocycles. The van der Waals surface area contributed by atoms with Crippen LogP contribution in [0, 0.1) is 46.3 Å².